The first-order valence-corrected chi connectivity index (χ1v) is 6.62. The van der Waals surface area contributed by atoms with Crippen LogP contribution in [0.1, 0.15) is 31.2 Å². The quantitative estimate of drug-likeness (QED) is 0.789. The Balaban J connectivity index is 2.33. The molecule has 20 heavy (non-hydrogen) atoms. The number of ether oxygens (including phenoxy) is 1. The van der Waals surface area contributed by atoms with Gasteiger partial charge in [-0.1, -0.05) is 18.2 Å². The largest absolute Gasteiger partial charge is 0.466 e. The van der Waals surface area contributed by atoms with E-state index in [9.17, 15) is 9.59 Å². The third kappa shape index (κ3) is 2.64. The van der Waals surface area contributed by atoms with Gasteiger partial charge in [0.1, 0.15) is 6.42 Å². The highest BCUT2D eigenvalue weighted by atomic mass is 16.5. The number of nitriles is 1. The molecule has 0 fully saturated rings. The highest BCUT2D eigenvalue weighted by molar-refractivity contribution is 5.97. The van der Waals surface area contributed by atoms with Gasteiger partial charge in [-0.3, -0.25) is 9.59 Å². The van der Waals surface area contributed by atoms with Crippen LogP contribution in [0.25, 0.3) is 0 Å². The maximum absolute atomic E-state index is 12.0. The van der Waals surface area contributed by atoms with Crippen molar-refractivity contribution in [1.82, 2.24) is 0 Å². The number of anilines is 1. The summed E-state index contributed by atoms with van der Waals surface area (Å²) in [6.07, 6.45) is 0.366. The van der Waals surface area contributed by atoms with Crippen LogP contribution in [0.2, 0.25) is 0 Å². The van der Waals surface area contributed by atoms with Crippen molar-refractivity contribution in [3.63, 3.8) is 0 Å². The molecule has 0 aromatic heterocycles. The van der Waals surface area contributed by atoms with Gasteiger partial charge in [0.25, 0.3) is 0 Å². The van der Waals surface area contributed by atoms with E-state index >= 15 is 0 Å². The maximum Gasteiger partial charge on any atom is 0.313 e. The van der Waals surface area contributed by atoms with Gasteiger partial charge in [0.05, 0.1) is 18.6 Å². The number of rotatable bonds is 3. The Morgan fingerprint density at radius 1 is 1.45 bits per heavy atom. The second kappa shape index (κ2) is 6.20. The van der Waals surface area contributed by atoms with Crippen molar-refractivity contribution in [2.75, 3.05) is 18.1 Å². The second-order valence-corrected chi connectivity index (χ2v) is 4.53. The predicted octanol–water partition coefficient (Wildman–Crippen LogP) is 1.98. The molecule has 1 aliphatic heterocycles. The van der Waals surface area contributed by atoms with Gasteiger partial charge in [0.2, 0.25) is 5.91 Å². The summed E-state index contributed by atoms with van der Waals surface area (Å²) in [5.41, 5.74) is 1.50. The molecule has 104 valence electrons. The molecule has 0 saturated heterocycles. The number of amides is 1. The molecule has 0 saturated carbocycles. The highest BCUT2D eigenvalue weighted by Gasteiger charge is 2.32. The Kier molecular flexibility index (Phi) is 4.36. The van der Waals surface area contributed by atoms with E-state index in [-0.39, 0.29) is 24.2 Å². The lowest BCUT2D eigenvalue weighted by molar-refractivity contribution is -0.145. The summed E-state index contributed by atoms with van der Waals surface area (Å²) in [5, 5.41) is 8.65. The maximum atomic E-state index is 12.0. The molecule has 1 unspecified atom stereocenters. The number of hydrogen-bond acceptors (Lipinski definition) is 4. The minimum absolute atomic E-state index is 0.154. The molecule has 1 aromatic carbocycles. The van der Waals surface area contributed by atoms with Crippen molar-refractivity contribution in [2.45, 2.75) is 25.7 Å². The fourth-order valence-corrected chi connectivity index (χ4v) is 2.47. The van der Waals surface area contributed by atoms with Gasteiger partial charge in [-0.15, -0.1) is 0 Å². The first kappa shape index (κ1) is 14.1. The standard InChI is InChI=1S/C15H16N2O3/c1-2-20-15(19)12-8-10-17(14(18)7-9-16)13-6-4-3-5-11(12)13/h3-6,12H,2,7-8,10H2,1H3. The number of nitrogens with zero attached hydrogens (tertiary/aromatic N) is 2. The number of carbonyl (C=O) groups excluding carboxylic acids is 2. The highest BCUT2D eigenvalue weighted by Crippen LogP contribution is 2.36. The normalized spacial score (nSPS) is 17.0. The molecule has 2 rings (SSSR count). The summed E-state index contributed by atoms with van der Waals surface area (Å²) in [6, 6.07) is 9.16. The molecular formula is C15H16N2O3. The molecule has 0 spiro atoms. The zero-order valence-electron chi connectivity index (χ0n) is 11.3. The van der Waals surface area contributed by atoms with Gasteiger partial charge < -0.3 is 9.64 Å². The summed E-state index contributed by atoms with van der Waals surface area (Å²) in [7, 11) is 0. The van der Waals surface area contributed by atoms with Crippen molar-refractivity contribution in [3.05, 3.63) is 29.8 Å². The molecule has 5 heteroatoms. The zero-order chi connectivity index (χ0) is 14.5. The molecule has 1 atom stereocenters. The van der Waals surface area contributed by atoms with Gasteiger partial charge in [-0.25, -0.2) is 0 Å². The Morgan fingerprint density at radius 2 is 2.20 bits per heavy atom. The summed E-state index contributed by atoms with van der Waals surface area (Å²) < 4.78 is 5.09. The number of hydrogen-bond donors (Lipinski definition) is 0. The average Bonchev–Trinajstić information content (AvgIpc) is 2.46. The van der Waals surface area contributed by atoms with Crippen LogP contribution in [-0.4, -0.2) is 25.0 Å². The number of para-hydroxylation sites is 1. The van der Waals surface area contributed by atoms with E-state index in [1.807, 2.05) is 24.3 Å². The lowest BCUT2D eigenvalue weighted by atomic mass is 9.89. The van der Waals surface area contributed by atoms with Gasteiger partial charge in [0, 0.05) is 12.2 Å². The van der Waals surface area contributed by atoms with E-state index in [1.165, 1.54) is 0 Å². The first-order valence-electron chi connectivity index (χ1n) is 6.62. The van der Waals surface area contributed by atoms with Gasteiger partial charge in [0.15, 0.2) is 0 Å². The van der Waals surface area contributed by atoms with Crippen LogP contribution < -0.4 is 4.90 Å². The van der Waals surface area contributed by atoms with Crippen molar-refractivity contribution < 1.29 is 14.3 Å². The Hall–Kier alpha value is -2.35. The van der Waals surface area contributed by atoms with E-state index in [2.05, 4.69) is 0 Å². The predicted molar refractivity (Wildman–Crippen MR) is 73.0 cm³/mol. The van der Waals surface area contributed by atoms with E-state index < -0.39 is 0 Å². The van der Waals surface area contributed by atoms with Gasteiger partial charge in [-0.05, 0) is 25.0 Å². The van der Waals surface area contributed by atoms with Crippen molar-refractivity contribution in [3.8, 4) is 6.07 Å². The van der Waals surface area contributed by atoms with Crippen LogP contribution in [-0.2, 0) is 14.3 Å². The topological polar surface area (TPSA) is 70.4 Å². The first-order chi connectivity index (χ1) is 9.69. The molecular weight excluding hydrogens is 256 g/mol. The zero-order valence-corrected chi connectivity index (χ0v) is 11.3. The second-order valence-electron chi connectivity index (χ2n) is 4.53. The van der Waals surface area contributed by atoms with Crippen LogP contribution in [0, 0.1) is 11.3 Å². The van der Waals surface area contributed by atoms with E-state index in [4.69, 9.17) is 10.00 Å². The Morgan fingerprint density at radius 3 is 2.90 bits per heavy atom. The summed E-state index contributed by atoms with van der Waals surface area (Å²) >= 11 is 0. The Bertz CT molecular complexity index is 562. The fourth-order valence-electron chi connectivity index (χ4n) is 2.47. The molecule has 5 nitrogen and oxygen atoms in total. The molecule has 0 radical (unpaired) electrons. The van der Waals surface area contributed by atoms with Gasteiger partial charge >= 0.3 is 5.97 Å². The molecule has 1 heterocycles. The van der Waals surface area contributed by atoms with Crippen LogP contribution in [0.5, 0.6) is 0 Å². The van der Waals surface area contributed by atoms with Crippen molar-refractivity contribution in [2.24, 2.45) is 0 Å². The molecule has 0 aliphatic carbocycles. The third-order valence-corrected chi connectivity index (χ3v) is 3.35. The lowest BCUT2D eigenvalue weighted by Crippen LogP contribution is -2.38. The Labute approximate surface area is 117 Å². The van der Waals surface area contributed by atoms with Crippen LogP contribution in [0.3, 0.4) is 0 Å². The number of benzene rings is 1. The summed E-state index contributed by atoms with van der Waals surface area (Å²) in [4.78, 5) is 25.5. The number of carbonyl (C=O) groups is 2. The fraction of sp³-hybridized carbons (Fsp3) is 0.400. The van der Waals surface area contributed by atoms with Gasteiger partial charge in [-0.2, -0.15) is 5.26 Å². The monoisotopic (exact) mass is 272 g/mol. The minimum atomic E-state index is -0.336. The van der Waals surface area contributed by atoms with Crippen LogP contribution >= 0.6 is 0 Å². The van der Waals surface area contributed by atoms with Crippen LogP contribution in [0.4, 0.5) is 5.69 Å². The third-order valence-electron chi connectivity index (χ3n) is 3.35. The number of esters is 1. The number of fused-ring (bicyclic) bond motifs is 1. The smallest absolute Gasteiger partial charge is 0.313 e. The van der Waals surface area contributed by atoms with E-state index in [0.717, 1.165) is 5.56 Å². The summed E-state index contributed by atoms with van der Waals surface area (Å²) in [5.74, 6) is -0.827. The molecule has 1 amide bonds. The van der Waals surface area contributed by atoms with Crippen molar-refractivity contribution >= 4 is 17.6 Å². The molecule has 1 aromatic rings. The average molecular weight is 272 g/mol. The minimum Gasteiger partial charge on any atom is -0.466 e. The van der Waals surface area contributed by atoms with Crippen LogP contribution in [0.15, 0.2) is 24.3 Å². The van der Waals surface area contributed by atoms with E-state index in [1.54, 1.807) is 17.9 Å². The van der Waals surface area contributed by atoms with Crippen molar-refractivity contribution in [1.29, 1.82) is 5.26 Å². The lowest BCUT2D eigenvalue weighted by Gasteiger charge is -2.32. The van der Waals surface area contributed by atoms with E-state index in [0.29, 0.717) is 25.3 Å². The SMILES string of the molecule is CCOC(=O)C1CCN(C(=O)CC#N)c2ccccc21. The molecule has 0 N–H and O–H groups in total. The molecule has 1 aliphatic rings. The summed E-state index contributed by atoms with van der Waals surface area (Å²) in [6.45, 7) is 2.55. The molecule has 0 bridgehead atoms.